The van der Waals surface area contributed by atoms with E-state index in [9.17, 15) is 15.0 Å². The Morgan fingerprint density at radius 2 is 2.11 bits per heavy atom. The molecular weight excluding hydrogens is 400 g/mol. The van der Waals surface area contributed by atoms with Gasteiger partial charge in [-0.1, -0.05) is 12.1 Å². The van der Waals surface area contributed by atoms with Crippen LogP contribution in [0.2, 0.25) is 0 Å². The molecule has 1 aromatic carbocycles. The maximum absolute atomic E-state index is 12.6. The molecule has 2 aliphatic rings. The predicted molar refractivity (Wildman–Crippen MR) is 110 cm³/mol. The number of phenolic OH excluding ortho intramolecular Hbond substituents is 1. The molecular formula is C20H25ClN2O4S. The number of aromatic hydroxyl groups is 1. The molecule has 2 aromatic rings. The molecule has 0 radical (unpaired) electrons. The van der Waals surface area contributed by atoms with Gasteiger partial charge in [-0.3, -0.25) is 4.79 Å². The molecule has 1 aromatic heterocycles. The Hall–Kier alpha value is -1.64. The molecule has 0 bridgehead atoms. The molecule has 4 rings (SSSR count). The number of phenols is 1. The molecule has 28 heavy (non-hydrogen) atoms. The number of carbonyl (C=O) groups is 1. The number of piperidine rings is 1. The van der Waals surface area contributed by atoms with Gasteiger partial charge < -0.3 is 25.6 Å². The number of benzene rings is 1. The van der Waals surface area contributed by atoms with Crippen LogP contribution in [0, 0.1) is 0 Å². The standard InChI is InChI=1S/C20H24N2O4S.ClH/c23-14-3-1-2-13(10-14)16(24)12-22-19(25)18-11-15-17(27-18)4-9-26-20(15)5-7-21-8-6-20;/h1-3,10-11,16,21,23-24H,4-9,12H2,(H,22,25);1H. The van der Waals surface area contributed by atoms with Gasteiger partial charge in [0.2, 0.25) is 0 Å². The zero-order valence-electron chi connectivity index (χ0n) is 15.4. The number of carbonyl (C=O) groups excluding carboxylic acids is 1. The zero-order chi connectivity index (χ0) is 18.9. The van der Waals surface area contributed by atoms with Gasteiger partial charge in [0.15, 0.2) is 0 Å². The van der Waals surface area contributed by atoms with Crippen LogP contribution in [0.5, 0.6) is 5.75 Å². The monoisotopic (exact) mass is 424 g/mol. The third kappa shape index (κ3) is 4.18. The molecule has 0 saturated carbocycles. The average molecular weight is 425 g/mol. The lowest BCUT2D eigenvalue weighted by atomic mass is 9.83. The Kier molecular flexibility index (Phi) is 6.62. The molecule has 1 unspecified atom stereocenters. The number of thiophene rings is 1. The number of rotatable bonds is 4. The summed E-state index contributed by atoms with van der Waals surface area (Å²) in [7, 11) is 0. The Bertz CT molecular complexity index is 835. The highest BCUT2D eigenvalue weighted by atomic mass is 35.5. The summed E-state index contributed by atoms with van der Waals surface area (Å²) >= 11 is 1.53. The Labute approximate surface area is 174 Å². The lowest BCUT2D eigenvalue weighted by Gasteiger charge is -2.40. The first-order valence-electron chi connectivity index (χ1n) is 9.30. The van der Waals surface area contributed by atoms with E-state index >= 15 is 0 Å². The number of ether oxygens (including phenoxy) is 1. The normalized spacial score (nSPS) is 18.8. The van der Waals surface area contributed by atoms with Crippen LogP contribution in [0.4, 0.5) is 0 Å². The van der Waals surface area contributed by atoms with E-state index in [4.69, 9.17) is 4.74 Å². The molecule has 1 amide bonds. The summed E-state index contributed by atoms with van der Waals surface area (Å²) in [5, 5.41) is 25.9. The van der Waals surface area contributed by atoms with Crippen molar-refractivity contribution in [1.82, 2.24) is 10.6 Å². The Morgan fingerprint density at radius 3 is 2.86 bits per heavy atom. The minimum absolute atomic E-state index is 0. The summed E-state index contributed by atoms with van der Waals surface area (Å²) in [6.07, 6.45) is 1.82. The number of halogens is 1. The molecule has 1 saturated heterocycles. The van der Waals surface area contributed by atoms with Crippen molar-refractivity contribution in [3.63, 3.8) is 0 Å². The molecule has 8 heteroatoms. The Balaban J connectivity index is 0.00000225. The molecule has 2 aliphatic heterocycles. The second-order valence-electron chi connectivity index (χ2n) is 7.11. The molecule has 1 spiro atoms. The molecule has 1 atom stereocenters. The van der Waals surface area contributed by atoms with Gasteiger partial charge in [0.1, 0.15) is 5.75 Å². The number of aliphatic hydroxyl groups is 1. The molecule has 0 aliphatic carbocycles. The van der Waals surface area contributed by atoms with Crippen molar-refractivity contribution >= 4 is 29.7 Å². The summed E-state index contributed by atoms with van der Waals surface area (Å²) in [5.41, 5.74) is 1.48. The van der Waals surface area contributed by atoms with Crippen molar-refractivity contribution in [2.45, 2.75) is 31.0 Å². The topological polar surface area (TPSA) is 90.8 Å². The summed E-state index contributed by atoms with van der Waals surface area (Å²) in [6, 6.07) is 8.41. The molecule has 3 heterocycles. The Morgan fingerprint density at radius 1 is 1.32 bits per heavy atom. The summed E-state index contributed by atoms with van der Waals surface area (Å²) in [5.74, 6) is -0.0891. The lowest BCUT2D eigenvalue weighted by molar-refractivity contribution is -0.0792. The van der Waals surface area contributed by atoms with Crippen LogP contribution < -0.4 is 10.6 Å². The van der Waals surface area contributed by atoms with Crippen LogP contribution in [-0.4, -0.2) is 42.4 Å². The summed E-state index contributed by atoms with van der Waals surface area (Å²) in [6.45, 7) is 2.64. The van der Waals surface area contributed by atoms with Crippen LogP contribution in [0.3, 0.4) is 0 Å². The van der Waals surface area contributed by atoms with Crippen molar-refractivity contribution in [2.75, 3.05) is 26.2 Å². The van der Waals surface area contributed by atoms with Gasteiger partial charge in [-0.2, -0.15) is 0 Å². The average Bonchev–Trinajstić information content (AvgIpc) is 3.13. The van der Waals surface area contributed by atoms with Gasteiger partial charge >= 0.3 is 0 Å². The SMILES string of the molecule is Cl.O=C(NCC(O)c1cccc(O)c1)c1cc2c(s1)CCOC21CCNCC1. The van der Waals surface area contributed by atoms with Crippen LogP contribution in [0.1, 0.15) is 44.6 Å². The van der Waals surface area contributed by atoms with Crippen molar-refractivity contribution in [2.24, 2.45) is 0 Å². The van der Waals surface area contributed by atoms with Gasteiger partial charge in [0.05, 0.1) is 23.2 Å². The number of hydrogen-bond donors (Lipinski definition) is 4. The van der Waals surface area contributed by atoms with Crippen LogP contribution in [0.15, 0.2) is 30.3 Å². The first kappa shape index (κ1) is 21.1. The molecule has 4 N–H and O–H groups in total. The molecule has 1 fully saturated rings. The number of aliphatic hydroxyl groups excluding tert-OH is 1. The van der Waals surface area contributed by atoms with Crippen LogP contribution in [0.25, 0.3) is 0 Å². The van der Waals surface area contributed by atoms with E-state index in [0.29, 0.717) is 17.0 Å². The van der Waals surface area contributed by atoms with E-state index < -0.39 is 6.10 Å². The van der Waals surface area contributed by atoms with Gasteiger partial charge in [-0.05, 0) is 55.3 Å². The highest BCUT2D eigenvalue weighted by Gasteiger charge is 2.40. The summed E-state index contributed by atoms with van der Waals surface area (Å²) < 4.78 is 6.16. The zero-order valence-corrected chi connectivity index (χ0v) is 17.1. The smallest absolute Gasteiger partial charge is 0.261 e. The van der Waals surface area contributed by atoms with Crippen molar-refractivity contribution in [1.29, 1.82) is 0 Å². The minimum Gasteiger partial charge on any atom is -0.508 e. The number of fused-ring (bicyclic) bond motifs is 2. The fourth-order valence-electron chi connectivity index (χ4n) is 3.90. The largest absolute Gasteiger partial charge is 0.508 e. The second-order valence-corrected chi connectivity index (χ2v) is 8.25. The quantitative estimate of drug-likeness (QED) is 0.605. The van der Waals surface area contributed by atoms with E-state index in [1.807, 2.05) is 6.07 Å². The highest BCUT2D eigenvalue weighted by Crippen LogP contribution is 2.43. The van der Waals surface area contributed by atoms with Gasteiger partial charge in [0.25, 0.3) is 5.91 Å². The van der Waals surface area contributed by atoms with Gasteiger partial charge in [-0.25, -0.2) is 0 Å². The van der Waals surface area contributed by atoms with E-state index in [2.05, 4.69) is 10.6 Å². The third-order valence-corrected chi connectivity index (χ3v) is 6.55. The number of amides is 1. The molecule has 152 valence electrons. The summed E-state index contributed by atoms with van der Waals surface area (Å²) in [4.78, 5) is 14.5. The van der Waals surface area contributed by atoms with E-state index in [-0.39, 0.29) is 36.2 Å². The highest BCUT2D eigenvalue weighted by molar-refractivity contribution is 7.14. The van der Waals surface area contributed by atoms with Crippen molar-refractivity contribution < 1.29 is 19.7 Å². The van der Waals surface area contributed by atoms with E-state index in [1.54, 1.807) is 18.2 Å². The molecule has 6 nitrogen and oxygen atoms in total. The predicted octanol–water partition coefficient (Wildman–Crippen LogP) is 2.49. The first-order chi connectivity index (χ1) is 13.1. The number of nitrogens with one attached hydrogen (secondary N) is 2. The van der Waals surface area contributed by atoms with Crippen LogP contribution >= 0.6 is 23.7 Å². The first-order valence-corrected chi connectivity index (χ1v) is 10.1. The van der Waals surface area contributed by atoms with E-state index in [0.717, 1.165) is 32.4 Å². The maximum Gasteiger partial charge on any atom is 0.261 e. The van der Waals surface area contributed by atoms with Crippen LogP contribution in [-0.2, 0) is 16.8 Å². The minimum atomic E-state index is -0.866. The third-order valence-electron chi connectivity index (χ3n) is 5.35. The van der Waals surface area contributed by atoms with E-state index in [1.165, 1.54) is 27.8 Å². The van der Waals surface area contributed by atoms with Gasteiger partial charge in [0, 0.05) is 17.8 Å². The maximum atomic E-state index is 12.6. The second kappa shape index (κ2) is 8.80. The van der Waals surface area contributed by atoms with Crippen molar-refractivity contribution in [3.8, 4) is 5.75 Å². The van der Waals surface area contributed by atoms with Gasteiger partial charge in [-0.15, -0.1) is 23.7 Å². The fourth-order valence-corrected chi connectivity index (χ4v) is 5.05. The lowest BCUT2D eigenvalue weighted by Crippen LogP contribution is -2.44. The number of hydrogen-bond acceptors (Lipinski definition) is 6. The van der Waals surface area contributed by atoms with Crippen molar-refractivity contribution in [3.05, 3.63) is 51.2 Å². The fraction of sp³-hybridized carbons (Fsp3) is 0.450.